The maximum atomic E-state index is 12.2. The highest BCUT2D eigenvalue weighted by Gasteiger charge is 2.17. The minimum atomic E-state index is -3.58. The molecule has 7 heteroatoms. The van der Waals surface area contributed by atoms with E-state index >= 15 is 0 Å². The normalized spacial score (nSPS) is 11.8. The molecule has 0 aliphatic heterocycles. The zero-order chi connectivity index (χ0) is 15.9. The van der Waals surface area contributed by atoms with Crippen LogP contribution in [-0.4, -0.2) is 41.9 Å². The monoisotopic (exact) mass is 316 g/mol. The van der Waals surface area contributed by atoms with Crippen LogP contribution in [-0.2, 0) is 19.5 Å². The van der Waals surface area contributed by atoms with Gasteiger partial charge in [-0.25, -0.2) is 13.1 Å². The number of hydrogen-bond acceptors (Lipinski definition) is 5. The molecule has 1 aromatic rings. The number of methoxy groups -OCH3 is 1. The van der Waals surface area contributed by atoms with Gasteiger partial charge in [0.05, 0.1) is 18.9 Å². The van der Waals surface area contributed by atoms with E-state index in [0.29, 0.717) is 32.8 Å². The first-order chi connectivity index (χ1) is 9.88. The van der Waals surface area contributed by atoms with Crippen molar-refractivity contribution >= 4 is 15.7 Å². The number of nitrogens with one attached hydrogen (secondary N) is 1. The Morgan fingerprint density at radius 3 is 2.48 bits per heavy atom. The second kappa shape index (κ2) is 8.33. The summed E-state index contributed by atoms with van der Waals surface area (Å²) < 4.78 is 37.0. The molecular formula is C14H24N2O4S. The molecule has 0 saturated carbocycles. The molecule has 1 rings (SSSR count). The van der Waals surface area contributed by atoms with Crippen molar-refractivity contribution in [1.82, 2.24) is 4.72 Å². The summed E-state index contributed by atoms with van der Waals surface area (Å²) in [7, 11) is -1.98. The van der Waals surface area contributed by atoms with E-state index in [0.717, 1.165) is 11.1 Å². The van der Waals surface area contributed by atoms with Crippen LogP contribution >= 0.6 is 0 Å². The van der Waals surface area contributed by atoms with E-state index in [4.69, 9.17) is 15.2 Å². The summed E-state index contributed by atoms with van der Waals surface area (Å²) in [5.74, 6) is 0. The van der Waals surface area contributed by atoms with Crippen LogP contribution in [0.5, 0.6) is 0 Å². The van der Waals surface area contributed by atoms with Crippen LogP contribution in [0.2, 0.25) is 0 Å². The lowest BCUT2D eigenvalue weighted by atomic mass is 10.1. The number of nitrogens with two attached hydrogens (primary N) is 1. The number of hydrogen-bond donors (Lipinski definition) is 2. The fourth-order valence-corrected chi connectivity index (χ4v) is 3.02. The molecule has 0 heterocycles. The minimum absolute atomic E-state index is 0.130. The molecule has 0 amide bonds. The highest BCUT2D eigenvalue weighted by Crippen LogP contribution is 2.22. The lowest BCUT2D eigenvalue weighted by Crippen LogP contribution is -2.26. The summed E-state index contributed by atoms with van der Waals surface area (Å²) >= 11 is 0. The first-order valence-corrected chi connectivity index (χ1v) is 8.30. The maximum Gasteiger partial charge on any atom is 0.242 e. The van der Waals surface area contributed by atoms with Gasteiger partial charge in [-0.05, 0) is 43.5 Å². The van der Waals surface area contributed by atoms with Gasteiger partial charge < -0.3 is 15.2 Å². The first kappa shape index (κ1) is 17.9. The van der Waals surface area contributed by atoms with Gasteiger partial charge in [-0.3, -0.25) is 0 Å². The highest BCUT2D eigenvalue weighted by atomic mass is 32.2. The molecule has 0 aliphatic carbocycles. The third kappa shape index (κ3) is 5.62. The van der Waals surface area contributed by atoms with Gasteiger partial charge in [0, 0.05) is 20.3 Å². The van der Waals surface area contributed by atoms with Crippen molar-refractivity contribution in [1.29, 1.82) is 0 Å². The van der Waals surface area contributed by atoms with Crippen LogP contribution in [0, 0.1) is 13.8 Å². The van der Waals surface area contributed by atoms with Gasteiger partial charge in [-0.2, -0.15) is 0 Å². The van der Waals surface area contributed by atoms with Gasteiger partial charge in [0.1, 0.15) is 4.90 Å². The Balaban J connectivity index is 2.53. The van der Waals surface area contributed by atoms with Gasteiger partial charge in [0.15, 0.2) is 0 Å². The number of rotatable bonds is 9. The molecule has 0 aromatic heterocycles. The largest absolute Gasteiger partial charge is 0.398 e. The second-order valence-electron chi connectivity index (χ2n) is 4.83. The summed E-state index contributed by atoms with van der Waals surface area (Å²) in [5.41, 5.74) is 7.94. The van der Waals surface area contributed by atoms with Gasteiger partial charge >= 0.3 is 0 Å². The van der Waals surface area contributed by atoms with Crippen molar-refractivity contribution in [3.05, 3.63) is 23.3 Å². The van der Waals surface area contributed by atoms with Crippen LogP contribution in [0.15, 0.2) is 17.0 Å². The van der Waals surface area contributed by atoms with E-state index in [1.54, 1.807) is 19.2 Å². The molecule has 0 unspecified atom stereocenters. The SMILES string of the molecule is COCCOCCCNS(=O)(=O)c1cc(C)c(C)cc1N. The Labute approximate surface area is 126 Å². The number of anilines is 1. The quantitative estimate of drug-likeness (QED) is 0.528. The third-order valence-electron chi connectivity index (χ3n) is 3.10. The third-order valence-corrected chi connectivity index (χ3v) is 4.62. The fourth-order valence-electron chi connectivity index (χ4n) is 1.75. The lowest BCUT2D eigenvalue weighted by Gasteiger charge is -2.11. The first-order valence-electron chi connectivity index (χ1n) is 6.81. The summed E-state index contributed by atoms with van der Waals surface area (Å²) in [6.07, 6.45) is 0.591. The number of benzene rings is 1. The topological polar surface area (TPSA) is 90.6 Å². The smallest absolute Gasteiger partial charge is 0.242 e. The second-order valence-corrected chi connectivity index (χ2v) is 6.57. The van der Waals surface area contributed by atoms with E-state index in [1.165, 1.54) is 0 Å². The van der Waals surface area contributed by atoms with Crippen molar-refractivity contribution in [2.75, 3.05) is 39.2 Å². The Morgan fingerprint density at radius 1 is 1.14 bits per heavy atom. The zero-order valence-electron chi connectivity index (χ0n) is 12.8. The summed E-state index contributed by atoms with van der Waals surface area (Å²) in [6, 6.07) is 3.28. The summed E-state index contributed by atoms with van der Waals surface area (Å²) in [4.78, 5) is 0.130. The molecule has 0 aliphatic rings. The summed E-state index contributed by atoms with van der Waals surface area (Å²) in [5, 5.41) is 0. The average molecular weight is 316 g/mol. The van der Waals surface area contributed by atoms with E-state index < -0.39 is 10.0 Å². The molecule has 0 bridgehead atoms. The molecule has 0 atom stereocenters. The molecule has 1 aromatic carbocycles. The molecule has 0 fully saturated rings. The Morgan fingerprint density at radius 2 is 1.81 bits per heavy atom. The van der Waals surface area contributed by atoms with E-state index in [-0.39, 0.29) is 10.6 Å². The van der Waals surface area contributed by atoms with Crippen molar-refractivity contribution in [3.63, 3.8) is 0 Å². The molecule has 0 saturated heterocycles. The van der Waals surface area contributed by atoms with Crippen LogP contribution in [0.3, 0.4) is 0 Å². The Bertz CT molecular complexity index is 558. The van der Waals surface area contributed by atoms with Gasteiger partial charge in [-0.1, -0.05) is 0 Å². The van der Waals surface area contributed by atoms with Gasteiger partial charge in [0.25, 0.3) is 0 Å². The maximum absolute atomic E-state index is 12.2. The molecule has 21 heavy (non-hydrogen) atoms. The average Bonchev–Trinajstić information content (AvgIpc) is 2.41. The Kier molecular flexibility index (Phi) is 7.10. The van der Waals surface area contributed by atoms with E-state index in [2.05, 4.69) is 4.72 Å². The van der Waals surface area contributed by atoms with E-state index in [9.17, 15) is 8.42 Å². The number of aryl methyl sites for hydroxylation is 2. The number of nitrogen functional groups attached to an aromatic ring is 1. The van der Waals surface area contributed by atoms with Gasteiger partial charge in [0.2, 0.25) is 10.0 Å². The molecule has 0 radical (unpaired) electrons. The van der Waals surface area contributed by atoms with Crippen molar-refractivity contribution in [2.45, 2.75) is 25.2 Å². The van der Waals surface area contributed by atoms with Crippen LogP contribution in [0.25, 0.3) is 0 Å². The predicted octanol–water partition coefficient (Wildman–Crippen LogP) is 1.22. The molecule has 3 N–H and O–H groups in total. The van der Waals surface area contributed by atoms with Crippen molar-refractivity contribution in [2.24, 2.45) is 0 Å². The fraction of sp³-hybridized carbons (Fsp3) is 0.571. The van der Waals surface area contributed by atoms with Crippen LogP contribution < -0.4 is 10.5 Å². The lowest BCUT2D eigenvalue weighted by molar-refractivity contribution is 0.0699. The van der Waals surface area contributed by atoms with E-state index in [1.807, 2.05) is 13.8 Å². The zero-order valence-corrected chi connectivity index (χ0v) is 13.6. The van der Waals surface area contributed by atoms with Crippen LogP contribution in [0.4, 0.5) is 5.69 Å². The van der Waals surface area contributed by atoms with Crippen LogP contribution in [0.1, 0.15) is 17.5 Å². The molecule has 6 nitrogen and oxygen atoms in total. The minimum Gasteiger partial charge on any atom is -0.398 e. The highest BCUT2D eigenvalue weighted by molar-refractivity contribution is 7.89. The number of ether oxygens (including phenoxy) is 2. The molecule has 0 spiro atoms. The summed E-state index contributed by atoms with van der Waals surface area (Å²) in [6.45, 7) is 5.58. The standard InChI is InChI=1S/C14H24N2O4S/c1-11-9-13(15)14(10-12(11)2)21(17,18)16-5-4-6-20-8-7-19-3/h9-10,16H,4-8,15H2,1-3H3. The Hall–Kier alpha value is -1.15. The van der Waals surface area contributed by atoms with Crippen molar-refractivity contribution < 1.29 is 17.9 Å². The molecular weight excluding hydrogens is 292 g/mol. The van der Waals surface area contributed by atoms with Gasteiger partial charge in [-0.15, -0.1) is 0 Å². The molecule has 120 valence electrons. The number of sulfonamides is 1. The van der Waals surface area contributed by atoms with Crippen molar-refractivity contribution in [3.8, 4) is 0 Å². The predicted molar refractivity (Wildman–Crippen MR) is 82.8 cm³/mol.